The number of carbonyl (C=O) groups is 2. The molecule has 0 radical (unpaired) electrons. The third-order valence-corrected chi connectivity index (χ3v) is 6.20. The van der Waals surface area contributed by atoms with E-state index in [0.29, 0.717) is 23.1 Å². The first kappa shape index (κ1) is 21.1. The summed E-state index contributed by atoms with van der Waals surface area (Å²) in [5.41, 5.74) is 0.935. The molecule has 0 aliphatic heterocycles. The minimum absolute atomic E-state index is 0. The first-order chi connectivity index (χ1) is 13.6. The molecule has 8 nitrogen and oxygen atoms in total. The number of fused-ring (bicyclic) bond motifs is 3. The normalized spacial score (nSPS) is 19.8. The molecule has 3 aromatic rings. The Kier molecular flexibility index (Phi) is 4.68. The van der Waals surface area contributed by atoms with Crippen LogP contribution in [-0.4, -0.2) is 24.5 Å². The molecule has 1 heterocycles. The topological polar surface area (TPSA) is 134 Å². The van der Waals surface area contributed by atoms with E-state index in [1.165, 1.54) is 18.4 Å². The zero-order chi connectivity index (χ0) is 20.7. The van der Waals surface area contributed by atoms with E-state index in [2.05, 4.69) is 4.18 Å². The predicted octanol–water partition coefficient (Wildman–Crippen LogP) is -0.481. The molecule has 10 heteroatoms. The Morgan fingerprint density at radius 3 is 2.60 bits per heavy atom. The molecule has 2 aliphatic carbocycles. The molecular formula is C20H13NaO8S. The number of furan rings is 1. The summed E-state index contributed by atoms with van der Waals surface area (Å²) in [5.74, 6) is -1.14. The Bertz CT molecular complexity index is 1370. The molecule has 30 heavy (non-hydrogen) atoms. The smallest absolute Gasteiger partial charge is 0.872 e. The summed E-state index contributed by atoms with van der Waals surface area (Å²) in [7, 11) is -4.82. The fourth-order valence-corrected chi connectivity index (χ4v) is 4.83. The van der Waals surface area contributed by atoms with Gasteiger partial charge >= 0.3 is 40.0 Å². The maximum atomic E-state index is 13.1. The Balaban J connectivity index is 0.00000218. The van der Waals surface area contributed by atoms with E-state index in [0.717, 1.165) is 12.1 Å². The van der Waals surface area contributed by atoms with E-state index in [4.69, 9.17) is 8.97 Å². The van der Waals surface area contributed by atoms with Crippen molar-refractivity contribution >= 4 is 32.7 Å². The largest absolute Gasteiger partial charge is 1.00 e. The van der Waals surface area contributed by atoms with Crippen molar-refractivity contribution < 1.29 is 65.8 Å². The second kappa shape index (κ2) is 6.66. The molecule has 0 saturated carbocycles. The minimum atomic E-state index is -4.82. The number of hydrogen-bond acceptors (Lipinski definition) is 7. The first-order valence-corrected chi connectivity index (χ1v) is 10.1. The van der Waals surface area contributed by atoms with Crippen LogP contribution in [0.4, 0.5) is 0 Å². The summed E-state index contributed by atoms with van der Waals surface area (Å²) < 4.78 is 41.6. The van der Waals surface area contributed by atoms with Gasteiger partial charge in [0, 0.05) is 28.3 Å². The average molecular weight is 436 g/mol. The summed E-state index contributed by atoms with van der Waals surface area (Å²) in [6.45, 7) is 1.87. The number of hydrogen-bond donors (Lipinski definition) is 1. The molecule has 0 spiro atoms. The quantitative estimate of drug-likeness (QED) is 0.421. The summed E-state index contributed by atoms with van der Waals surface area (Å²) >= 11 is 0. The van der Waals surface area contributed by atoms with Gasteiger partial charge in [-0.25, -0.2) is 0 Å². The SMILES string of the molecule is C[C@@]12CCC(=O)c3coc(c31)C(=O)c1cc3c([O-])ccc(OS(=O)(=O)O)c3cc12.[Na+]. The molecule has 0 bridgehead atoms. The zero-order valence-electron chi connectivity index (χ0n) is 16.0. The van der Waals surface area contributed by atoms with Crippen LogP contribution in [0.15, 0.2) is 34.9 Å². The van der Waals surface area contributed by atoms with Crippen LogP contribution in [0.2, 0.25) is 0 Å². The molecule has 1 aromatic heterocycles. The van der Waals surface area contributed by atoms with Gasteiger partial charge in [0.2, 0.25) is 5.78 Å². The van der Waals surface area contributed by atoms with Gasteiger partial charge in [-0.05, 0) is 35.6 Å². The molecule has 0 amide bonds. The molecule has 0 fully saturated rings. The van der Waals surface area contributed by atoms with E-state index < -0.39 is 27.3 Å². The second-order valence-corrected chi connectivity index (χ2v) is 8.48. The fourth-order valence-electron chi connectivity index (χ4n) is 4.46. The third-order valence-electron chi connectivity index (χ3n) is 5.81. The van der Waals surface area contributed by atoms with Gasteiger partial charge in [-0.15, -0.1) is 5.75 Å². The van der Waals surface area contributed by atoms with Crippen LogP contribution in [0, 0.1) is 0 Å². The molecule has 1 atom stereocenters. The van der Waals surface area contributed by atoms with Gasteiger partial charge in [0.1, 0.15) is 6.26 Å². The molecule has 148 valence electrons. The van der Waals surface area contributed by atoms with Crippen molar-refractivity contribution in [3.05, 3.63) is 58.5 Å². The van der Waals surface area contributed by atoms with Crippen molar-refractivity contribution in [3.63, 3.8) is 0 Å². The van der Waals surface area contributed by atoms with Crippen molar-refractivity contribution in [2.75, 3.05) is 0 Å². The van der Waals surface area contributed by atoms with E-state index in [1.54, 1.807) is 0 Å². The third kappa shape index (κ3) is 2.84. The van der Waals surface area contributed by atoms with Crippen LogP contribution in [0.3, 0.4) is 0 Å². The van der Waals surface area contributed by atoms with Crippen molar-refractivity contribution in [1.29, 1.82) is 0 Å². The van der Waals surface area contributed by atoms with Gasteiger partial charge in [0.05, 0.1) is 5.56 Å². The number of carbonyl (C=O) groups excluding carboxylic acids is 2. The second-order valence-electron chi connectivity index (χ2n) is 7.45. The van der Waals surface area contributed by atoms with Gasteiger partial charge in [0.15, 0.2) is 17.3 Å². The van der Waals surface area contributed by atoms with Crippen LogP contribution in [0.5, 0.6) is 11.5 Å². The summed E-state index contributed by atoms with van der Waals surface area (Å²) in [5, 5.41) is 12.6. The summed E-state index contributed by atoms with van der Waals surface area (Å²) in [6, 6.07) is 5.16. The van der Waals surface area contributed by atoms with Crippen LogP contribution in [-0.2, 0) is 15.8 Å². The maximum Gasteiger partial charge on any atom is 1.00 e. The van der Waals surface area contributed by atoms with Gasteiger partial charge < -0.3 is 13.7 Å². The van der Waals surface area contributed by atoms with E-state index in [9.17, 15) is 23.1 Å². The van der Waals surface area contributed by atoms with Crippen LogP contribution >= 0.6 is 0 Å². The van der Waals surface area contributed by atoms with Crippen LogP contribution in [0.1, 0.15) is 57.4 Å². The molecule has 2 aliphatic rings. The fraction of sp³-hybridized carbons (Fsp3) is 0.200. The van der Waals surface area contributed by atoms with Gasteiger partial charge in [0.25, 0.3) is 0 Å². The maximum absolute atomic E-state index is 13.1. The Hall–Kier alpha value is -2.17. The Morgan fingerprint density at radius 1 is 1.17 bits per heavy atom. The number of ketones is 2. The van der Waals surface area contributed by atoms with Crippen molar-refractivity contribution in [3.8, 4) is 11.5 Å². The number of Topliss-reactive ketones (excluding diaryl/α,β-unsaturated/α-hetero) is 1. The Morgan fingerprint density at radius 2 is 1.90 bits per heavy atom. The molecule has 2 aromatic carbocycles. The summed E-state index contributed by atoms with van der Waals surface area (Å²) in [4.78, 5) is 25.3. The number of rotatable bonds is 2. The van der Waals surface area contributed by atoms with Gasteiger partial charge in [-0.3, -0.25) is 14.1 Å². The monoisotopic (exact) mass is 436 g/mol. The Labute approximate surface area is 193 Å². The van der Waals surface area contributed by atoms with Crippen molar-refractivity contribution in [1.82, 2.24) is 0 Å². The van der Waals surface area contributed by atoms with E-state index >= 15 is 0 Å². The van der Waals surface area contributed by atoms with Crippen LogP contribution in [0.25, 0.3) is 10.8 Å². The van der Waals surface area contributed by atoms with Crippen LogP contribution < -0.4 is 38.8 Å². The van der Waals surface area contributed by atoms with E-state index in [-0.39, 0.29) is 69.6 Å². The number of benzene rings is 2. The molecule has 0 saturated heterocycles. The summed E-state index contributed by atoms with van der Waals surface area (Å²) in [6.07, 6.45) is 1.96. The molecule has 1 N–H and O–H groups in total. The molecular weight excluding hydrogens is 423 g/mol. The molecule has 5 rings (SSSR count). The van der Waals surface area contributed by atoms with Crippen molar-refractivity contribution in [2.24, 2.45) is 0 Å². The molecule has 0 unspecified atom stereocenters. The predicted molar refractivity (Wildman–Crippen MR) is 97.7 cm³/mol. The standard InChI is InChI=1S/C20H14O8S.Na/c1-20-5-4-15(22)12-8-27-19(17(12)20)18(23)11-6-9-10(7-13(11)20)16(3-2-14(9)21)28-29(24,25)26;/h2-3,6-8,21H,4-5H2,1H3,(H,24,25,26);/q;+1/p-1/t20-;/m0./s1. The van der Waals surface area contributed by atoms with E-state index in [1.807, 2.05) is 6.92 Å². The first-order valence-electron chi connectivity index (χ1n) is 8.75. The van der Waals surface area contributed by atoms with Crippen molar-refractivity contribution in [2.45, 2.75) is 25.2 Å². The zero-order valence-corrected chi connectivity index (χ0v) is 18.8. The minimum Gasteiger partial charge on any atom is -0.872 e. The van der Waals surface area contributed by atoms with Gasteiger partial charge in [-0.1, -0.05) is 13.0 Å². The van der Waals surface area contributed by atoms with Gasteiger partial charge in [-0.2, -0.15) is 8.42 Å². The average Bonchev–Trinajstić information content (AvgIpc) is 3.11.